The highest BCUT2D eigenvalue weighted by Gasteiger charge is 2.64. The zero-order valence-corrected chi connectivity index (χ0v) is 10.4. The van der Waals surface area contributed by atoms with Crippen LogP contribution in [0.5, 0.6) is 0 Å². The van der Waals surface area contributed by atoms with E-state index in [1.54, 1.807) is 0 Å². The number of ether oxygens (including phenoxy) is 1. The summed E-state index contributed by atoms with van der Waals surface area (Å²) in [7, 11) is 0. The van der Waals surface area contributed by atoms with Crippen LogP contribution in [0.1, 0.15) is 0 Å². The first-order valence-electron chi connectivity index (χ1n) is 4.45. The first-order valence-corrected chi connectivity index (χ1v) is 4.98. The Morgan fingerprint density at radius 1 is 0.773 bits per heavy atom. The lowest BCUT2D eigenvalue weighted by molar-refractivity contribution is -0.364. The quantitative estimate of drug-likeness (QED) is 0.582. The summed E-state index contributed by atoms with van der Waals surface area (Å²) in [4.78, 5) is 0. The Hall–Kier alpha value is -0.630. The zero-order chi connectivity index (χ0) is 18.6. The third-order valence-electron chi connectivity index (χ3n) is 1.62. The largest absolute Gasteiger partial charge is 0.454 e. The smallest absolute Gasteiger partial charge is 0.350 e. The van der Waals surface area contributed by atoms with Crippen LogP contribution in [0.2, 0.25) is 0 Å². The van der Waals surface area contributed by atoms with Crippen LogP contribution < -0.4 is 0 Å². The van der Waals surface area contributed by atoms with Gasteiger partial charge in [0.1, 0.15) is 6.07 Å². The normalized spacial score (nSPS) is 18.5. The van der Waals surface area contributed by atoms with Gasteiger partial charge in [0.2, 0.25) is 0 Å². The molecular formula is C7H5ClF12O2. The molecule has 0 heterocycles. The molecule has 0 bridgehead atoms. The second-order valence-electron chi connectivity index (χ2n) is 3.17. The van der Waals surface area contributed by atoms with E-state index in [9.17, 15) is 52.7 Å². The summed E-state index contributed by atoms with van der Waals surface area (Å²) in [5.74, 6) is -10.4. The van der Waals surface area contributed by atoms with E-state index in [1.165, 1.54) is 0 Å². The van der Waals surface area contributed by atoms with Gasteiger partial charge < -0.3 is 9.84 Å². The molecule has 0 aromatic rings. The van der Waals surface area contributed by atoms with E-state index in [0.717, 1.165) is 0 Å². The van der Waals surface area contributed by atoms with Gasteiger partial charge in [0.25, 0.3) is 0 Å². The van der Waals surface area contributed by atoms with E-state index >= 15 is 0 Å². The van der Waals surface area contributed by atoms with Crippen molar-refractivity contribution >= 4 is 11.6 Å². The summed E-state index contributed by atoms with van der Waals surface area (Å²) in [5.41, 5.74) is 0. The minimum absolute atomic E-state index is 1.31. The second kappa shape index (κ2) is 7.77. The van der Waals surface area contributed by atoms with E-state index in [1.807, 2.05) is 0 Å². The number of alkyl halides is 13. The van der Waals surface area contributed by atoms with Gasteiger partial charge in [-0.1, -0.05) is 11.6 Å². The molecule has 2 nitrogen and oxygen atoms in total. The second-order valence-corrected chi connectivity index (χ2v) is 3.39. The highest BCUT2D eigenvalue weighted by molar-refractivity contribution is 6.17. The topological polar surface area (TPSA) is 29.5 Å². The summed E-state index contributed by atoms with van der Waals surface area (Å²) < 4.78 is 139. The zero-order valence-electron chi connectivity index (χ0n) is 9.63. The molecule has 22 heavy (non-hydrogen) atoms. The molecule has 2 unspecified atom stereocenters. The van der Waals surface area contributed by atoms with Crippen LogP contribution >= 0.6 is 11.6 Å². The first kappa shape index (κ1) is 23.6. The van der Waals surface area contributed by atoms with E-state index in [4.69, 9.17) is 5.11 Å². The lowest BCUT2D eigenvalue weighted by Gasteiger charge is -2.25. The predicted octanol–water partition coefficient (Wildman–Crippen LogP) is 4.16. The Bertz CT molecular complexity index is 326. The van der Waals surface area contributed by atoms with E-state index in [2.05, 4.69) is 16.3 Å². The molecule has 0 saturated carbocycles. The first-order chi connectivity index (χ1) is 9.45. The van der Waals surface area contributed by atoms with Crippen molar-refractivity contribution in [2.75, 3.05) is 6.07 Å². The number of rotatable bonds is 4. The Kier molecular flexibility index (Phi) is 8.34. The summed E-state index contributed by atoms with van der Waals surface area (Å²) in [5, 5.41) is 7.39. The van der Waals surface area contributed by atoms with Gasteiger partial charge in [-0.3, -0.25) is 0 Å². The molecule has 0 radical (unpaired) electrons. The van der Waals surface area contributed by atoms with Crippen molar-refractivity contribution in [3.05, 3.63) is 0 Å². The van der Waals surface area contributed by atoms with Crippen LogP contribution in [-0.2, 0) is 4.74 Å². The van der Waals surface area contributed by atoms with Crippen molar-refractivity contribution in [3.8, 4) is 0 Å². The molecule has 0 aliphatic carbocycles. The predicted molar refractivity (Wildman–Crippen MR) is 45.8 cm³/mol. The van der Waals surface area contributed by atoms with Crippen molar-refractivity contribution in [3.63, 3.8) is 0 Å². The van der Waals surface area contributed by atoms with Crippen molar-refractivity contribution < 1.29 is 62.5 Å². The van der Waals surface area contributed by atoms with E-state index < -0.39 is 43.0 Å². The maximum atomic E-state index is 12.2. The molecule has 0 aliphatic rings. The number of hydrogen-bond acceptors (Lipinski definition) is 2. The molecule has 2 atom stereocenters. The van der Waals surface area contributed by atoms with E-state index in [-0.39, 0.29) is 0 Å². The van der Waals surface area contributed by atoms with E-state index in [0.29, 0.717) is 0 Å². The van der Waals surface area contributed by atoms with Crippen LogP contribution in [0.15, 0.2) is 0 Å². The average molecular weight is 385 g/mol. The highest BCUT2D eigenvalue weighted by Crippen LogP contribution is 2.40. The minimum atomic E-state index is -5.94. The van der Waals surface area contributed by atoms with Gasteiger partial charge >= 0.3 is 36.9 Å². The van der Waals surface area contributed by atoms with Crippen molar-refractivity contribution in [2.45, 2.75) is 36.9 Å². The Balaban J connectivity index is 0. The molecule has 1 N–H and O–H groups in total. The maximum absolute atomic E-state index is 12.2. The minimum Gasteiger partial charge on any atom is -0.350 e. The fourth-order valence-electron chi connectivity index (χ4n) is 0.472. The Morgan fingerprint density at radius 3 is 1.18 bits per heavy atom. The molecule has 0 aliphatic heterocycles. The van der Waals surface area contributed by atoms with Crippen LogP contribution in [0.4, 0.5) is 52.7 Å². The molecule has 0 rings (SSSR count). The summed E-state index contributed by atoms with van der Waals surface area (Å²) in [6.07, 6.45) is -20.5. The lowest BCUT2D eigenvalue weighted by atomic mass is 10.3. The SMILES string of the molecule is FC(F)C(F)(OCCl)C(F)(F)F.OC(F)(C(F)F)C(F)(F)F. The van der Waals surface area contributed by atoms with Gasteiger partial charge in [-0.15, -0.1) is 0 Å². The molecule has 0 saturated heterocycles. The molecule has 15 heteroatoms. The number of hydrogen-bond donors (Lipinski definition) is 1. The van der Waals surface area contributed by atoms with Gasteiger partial charge in [0.15, 0.2) is 0 Å². The van der Waals surface area contributed by atoms with Gasteiger partial charge in [0, 0.05) is 0 Å². The van der Waals surface area contributed by atoms with Crippen molar-refractivity contribution in [1.82, 2.24) is 0 Å². The molecule has 0 amide bonds. The van der Waals surface area contributed by atoms with Crippen molar-refractivity contribution in [1.29, 1.82) is 0 Å². The molecule has 0 aromatic heterocycles. The monoisotopic (exact) mass is 384 g/mol. The molecule has 136 valence electrons. The standard InChI is InChI=1S/C4H3ClF6O.C3H2F6O/c5-1-12-3(8,2(6)7)4(9,10)11;4-1(5)2(6,10)3(7,8)9/h2H,1H2;1,10H. The molecular weight excluding hydrogens is 380 g/mol. The van der Waals surface area contributed by atoms with Crippen LogP contribution in [0.3, 0.4) is 0 Å². The van der Waals surface area contributed by atoms with Gasteiger partial charge in [0.05, 0.1) is 0 Å². The molecule has 0 spiro atoms. The van der Waals surface area contributed by atoms with Crippen LogP contribution in [0, 0.1) is 0 Å². The summed E-state index contributed by atoms with van der Waals surface area (Å²) >= 11 is 4.54. The maximum Gasteiger partial charge on any atom is 0.454 e. The lowest BCUT2D eigenvalue weighted by Crippen LogP contribution is -2.49. The fourth-order valence-corrected chi connectivity index (χ4v) is 0.630. The Labute approximate surface area is 118 Å². The van der Waals surface area contributed by atoms with Gasteiger partial charge in [-0.2, -0.15) is 35.1 Å². The third-order valence-corrected chi connectivity index (χ3v) is 1.73. The average Bonchev–Trinajstić information content (AvgIpc) is 2.26. The summed E-state index contributed by atoms with van der Waals surface area (Å²) in [6, 6.07) is -1.31. The van der Waals surface area contributed by atoms with Crippen LogP contribution in [-0.4, -0.2) is 48.1 Å². The highest BCUT2D eigenvalue weighted by atomic mass is 35.5. The fraction of sp³-hybridized carbons (Fsp3) is 1.00. The molecule has 0 aromatic carbocycles. The number of halogens is 13. The summed E-state index contributed by atoms with van der Waals surface area (Å²) in [6.45, 7) is 0. The van der Waals surface area contributed by atoms with Crippen LogP contribution in [0.25, 0.3) is 0 Å². The Morgan fingerprint density at radius 2 is 1.14 bits per heavy atom. The third kappa shape index (κ3) is 5.87. The van der Waals surface area contributed by atoms with Gasteiger partial charge in [-0.25, -0.2) is 17.6 Å². The molecule has 0 fully saturated rings. The number of aliphatic hydroxyl groups is 1. The van der Waals surface area contributed by atoms with Crippen molar-refractivity contribution in [2.24, 2.45) is 0 Å². The van der Waals surface area contributed by atoms with Gasteiger partial charge in [-0.05, 0) is 0 Å².